The van der Waals surface area contributed by atoms with Gasteiger partial charge in [-0.3, -0.25) is 18.8 Å². The molecule has 124 valence electrons. The molecule has 0 radical (unpaired) electrons. The number of ketones is 3. The molecule has 0 N–H and O–H groups in total. The molecule has 2 aliphatic carbocycles. The number of rotatable bonds is 4. The third kappa shape index (κ3) is 2.38. The number of carbonyl (C=O) groups is 3. The highest BCUT2D eigenvalue weighted by molar-refractivity contribution is 7.98. The molecule has 4 rings (SSSR count). The van der Waals surface area contributed by atoms with Crippen LogP contribution in [0.5, 0.6) is 0 Å². The lowest BCUT2D eigenvalue weighted by Gasteiger charge is -2.19. The first-order valence-corrected chi connectivity index (χ1v) is 9.35. The first-order chi connectivity index (χ1) is 11.6. The van der Waals surface area contributed by atoms with Gasteiger partial charge in [0, 0.05) is 30.5 Å². The van der Waals surface area contributed by atoms with Crippen LogP contribution in [0, 0.1) is 5.92 Å². The molecule has 2 aromatic heterocycles. The van der Waals surface area contributed by atoms with Gasteiger partial charge >= 0.3 is 0 Å². The fourth-order valence-corrected chi connectivity index (χ4v) is 4.03. The number of hydrogen-bond acceptors (Lipinski definition) is 6. The van der Waals surface area contributed by atoms with Crippen molar-refractivity contribution in [2.75, 3.05) is 6.26 Å². The van der Waals surface area contributed by atoms with E-state index in [4.69, 9.17) is 0 Å². The SMILES string of the molecule is CSc1c(C(=O)C2C(=O)CCCC2=O)ccn2c(C3CC3)nnc12. The van der Waals surface area contributed by atoms with Gasteiger partial charge in [0.25, 0.3) is 0 Å². The van der Waals surface area contributed by atoms with Crippen molar-refractivity contribution in [3.8, 4) is 0 Å². The van der Waals surface area contributed by atoms with E-state index in [0.717, 1.165) is 18.7 Å². The van der Waals surface area contributed by atoms with Gasteiger partial charge in [-0.25, -0.2) is 0 Å². The summed E-state index contributed by atoms with van der Waals surface area (Å²) >= 11 is 1.40. The van der Waals surface area contributed by atoms with Gasteiger partial charge in [-0.2, -0.15) is 0 Å². The van der Waals surface area contributed by atoms with Crippen LogP contribution in [0.15, 0.2) is 17.2 Å². The lowest BCUT2D eigenvalue weighted by atomic mass is 9.82. The zero-order valence-corrected chi connectivity index (χ0v) is 14.1. The Morgan fingerprint density at radius 3 is 2.54 bits per heavy atom. The van der Waals surface area contributed by atoms with Crippen molar-refractivity contribution < 1.29 is 14.4 Å². The third-order valence-corrected chi connectivity index (χ3v) is 5.54. The fraction of sp³-hybridized carbons (Fsp3) is 0.471. The normalized spacial score (nSPS) is 19.2. The van der Waals surface area contributed by atoms with E-state index in [1.807, 2.05) is 10.7 Å². The number of carbonyl (C=O) groups excluding carboxylic acids is 3. The van der Waals surface area contributed by atoms with Crippen molar-refractivity contribution in [1.29, 1.82) is 0 Å². The van der Waals surface area contributed by atoms with Crippen LogP contribution in [0.2, 0.25) is 0 Å². The second kappa shape index (κ2) is 5.81. The average Bonchev–Trinajstić information content (AvgIpc) is 3.32. The molecule has 2 heterocycles. The summed E-state index contributed by atoms with van der Waals surface area (Å²) < 4.78 is 1.92. The predicted octanol–water partition coefficient (Wildman–Crippen LogP) is 2.45. The molecule has 2 aromatic rings. The van der Waals surface area contributed by atoms with Crippen LogP contribution in [-0.2, 0) is 9.59 Å². The van der Waals surface area contributed by atoms with Crippen molar-refractivity contribution >= 4 is 34.8 Å². The van der Waals surface area contributed by atoms with Gasteiger partial charge in [0.15, 0.2) is 23.0 Å². The molecule has 0 amide bonds. The molecule has 2 saturated carbocycles. The lowest BCUT2D eigenvalue weighted by Crippen LogP contribution is -2.35. The Balaban J connectivity index is 1.79. The van der Waals surface area contributed by atoms with Crippen molar-refractivity contribution in [1.82, 2.24) is 14.6 Å². The Morgan fingerprint density at radius 2 is 1.92 bits per heavy atom. The smallest absolute Gasteiger partial charge is 0.182 e. The number of nitrogens with zero attached hydrogens (tertiary/aromatic N) is 3. The molecule has 24 heavy (non-hydrogen) atoms. The first kappa shape index (κ1) is 15.5. The summed E-state index contributed by atoms with van der Waals surface area (Å²) in [5.41, 5.74) is 1.03. The Morgan fingerprint density at radius 1 is 1.21 bits per heavy atom. The lowest BCUT2D eigenvalue weighted by molar-refractivity contribution is -0.133. The van der Waals surface area contributed by atoms with Crippen LogP contribution in [0.1, 0.15) is 54.2 Å². The van der Waals surface area contributed by atoms with Crippen molar-refractivity contribution in [2.24, 2.45) is 5.92 Å². The minimum Gasteiger partial charge on any atom is -0.298 e. The molecule has 0 aromatic carbocycles. The molecule has 7 heteroatoms. The van der Waals surface area contributed by atoms with E-state index in [1.54, 1.807) is 12.3 Å². The van der Waals surface area contributed by atoms with Crippen LogP contribution in [0.3, 0.4) is 0 Å². The Labute approximate surface area is 143 Å². The Kier molecular flexibility index (Phi) is 3.75. The summed E-state index contributed by atoms with van der Waals surface area (Å²) in [4.78, 5) is 37.8. The second-order valence-corrected chi connectivity index (χ2v) is 7.19. The van der Waals surface area contributed by atoms with Gasteiger partial charge in [0.05, 0.1) is 4.90 Å². The van der Waals surface area contributed by atoms with E-state index in [2.05, 4.69) is 10.2 Å². The summed E-state index contributed by atoms with van der Waals surface area (Å²) in [6.07, 6.45) is 7.02. The number of hydrogen-bond donors (Lipinski definition) is 0. The van der Waals surface area contributed by atoms with Gasteiger partial charge < -0.3 is 0 Å². The number of aromatic nitrogens is 3. The zero-order valence-electron chi connectivity index (χ0n) is 13.3. The molecular formula is C17H17N3O3S. The Hall–Kier alpha value is -2.02. The van der Waals surface area contributed by atoms with E-state index in [1.165, 1.54) is 11.8 Å². The quantitative estimate of drug-likeness (QED) is 0.482. The molecule has 2 fully saturated rings. The van der Waals surface area contributed by atoms with Crippen LogP contribution >= 0.6 is 11.8 Å². The molecule has 2 aliphatic rings. The van der Waals surface area contributed by atoms with Gasteiger partial charge in [0.2, 0.25) is 0 Å². The Bertz CT molecular complexity index is 853. The summed E-state index contributed by atoms with van der Waals surface area (Å²) in [6.45, 7) is 0. The third-order valence-electron chi connectivity index (χ3n) is 4.72. The van der Waals surface area contributed by atoms with Crippen molar-refractivity contribution in [3.63, 3.8) is 0 Å². The highest BCUT2D eigenvalue weighted by atomic mass is 32.2. The monoisotopic (exact) mass is 343 g/mol. The summed E-state index contributed by atoms with van der Waals surface area (Å²) in [5, 5.41) is 8.51. The second-order valence-electron chi connectivity index (χ2n) is 6.37. The molecular weight excluding hydrogens is 326 g/mol. The van der Waals surface area contributed by atoms with Crippen LogP contribution in [0.4, 0.5) is 0 Å². The summed E-state index contributed by atoms with van der Waals surface area (Å²) in [5.74, 6) is -0.695. The number of pyridine rings is 1. The number of thioether (sulfide) groups is 1. The van der Waals surface area contributed by atoms with E-state index < -0.39 is 11.7 Å². The predicted molar refractivity (Wildman–Crippen MR) is 88.4 cm³/mol. The standard InChI is InChI=1S/C17H17N3O3S/c1-24-15-10(14(23)13-11(21)3-2-4-12(13)22)7-8-20-16(9-5-6-9)18-19-17(15)20/h7-9,13H,2-6H2,1H3. The minimum atomic E-state index is -1.14. The zero-order chi connectivity index (χ0) is 16.8. The van der Waals surface area contributed by atoms with Gasteiger partial charge in [0.1, 0.15) is 11.7 Å². The number of Topliss-reactive ketones (excluding diaryl/α,β-unsaturated/α-hetero) is 3. The summed E-state index contributed by atoms with van der Waals surface area (Å²) in [6, 6.07) is 1.70. The summed E-state index contributed by atoms with van der Waals surface area (Å²) in [7, 11) is 0. The maximum Gasteiger partial charge on any atom is 0.182 e. The molecule has 0 unspecified atom stereocenters. The van der Waals surface area contributed by atoms with E-state index in [9.17, 15) is 14.4 Å². The maximum absolute atomic E-state index is 12.9. The fourth-order valence-electron chi connectivity index (χ4n) is 3.32. The van der Waals surface area contributed by atoms with E-state index >= 15 is 0 Å². The first-order valence-electron chi connectivity index (χ1n) is 8.13. The minimum absolute atomic E-state index is 0.261. The van der Waals surface area contributed by atoms with Gasteiger partial charge in [-0.15, -0.1) is 22.0 Å². The highest BCUT2D eigenvalue weighted by Crippen LogP contribution is 2.40. The van der Waals surface area contributed by atoms with Crippen molar-refractivity contribution in [2.45, 2.75) is 42.9 Å². The van der Waals surface area contributed by atoms with E-state index in [-0.39, 0.29) is 11.6 Å². The molecule has 0 spiro atoms. The largest absolute Gasteiger partial charge is 0.298 e. The van der Waals surface area contributed by atoms with Crippen LogP contribution in [-0.4, -0.2) is 38.2 Å². The molecule has 0 atom stereocenters. The topological polar surface area (TPSA) is 81.4 Å². The molecule has 0 bridgehead atoms. The maximum atomic E-state index is 12.9. The molecule has 6 nitrogen and oxygen atoms in total. The number of fused-ring (bicyclic) bond motifs is 1. The molecule has 0 saturated heterocycles. The van der Waals surface area contributed by atoms with Crippen LogP contribution < -0.4 is 0 Å². The van der Waals surface area contributed by atoms with Gasteiger partial charge in [-0.05, 0) is 31.6 Å². The molecule has 0 aliphatic heterocycles. The van der Waals surface area contributed by atoms with E-state index in [0.29, 0.717) is 41.3 Å². The average molecular weight is 343 g/mol. The highest BCUT2D eigenvalue weighted by Gasteiger charge is 2.38. The van der Waals surface area contributed by atoms with Crippen LogP contribution in [0.25, 0.3) is 5.65 Å². The van der Waals surface area contributed by atoms with Crippen molar-refractivity contribution in [3.05, 3.63) is 23.7 Å². The van der Waals surface area contributed by atoms with Gasteiger partial charge in [-0.1, -0.05) is 0 Å².